The highest BCUT2D eigenvalue weighted by molar-refractivity contribution is 6.09. The number of benzene rings is 2. The van der Waals surface area contributed by atoms with Gasteiger partial charge in [0.2, 0.25) is 0 Å². The van der Waals surface area contributed by atoms with E-state index >= 15 is 0 Å². The Hall–Kier alpha value is -4.46. The van der Waals surface area contributed by atoms with Crippen LogP contribution < -0.4 is 18.9 Å². The third-order valence-electron chi connectivity index (χ3n) is 4.80. The van der Waals surface area contributed by atoms with Gasteiger partial charge in [0.25, 0.3) is 0 Å². The third-order valence-corrected chi connectivity index (χ3v) is 4.80. The molecular weight excluding hydrogens is 452 g/mol. The van der Waals surface area contributed by atoms with Crippen molar-refractivity contribution < 1.29 is 38.4 Å². The quantitative estimate of drug-likeness (QED) is 0.216. The summed E-state index contributed by atoms with van der Waals surface area (Å²) in [6, 6.07) is 10.3. The van der Waals surface area contributed by atoms with Gasteiger partial charge < -0.3 is 28.8 Å². The minimum absolute atomic E-state index is 0.108. The fourth-order valence-electron chi connectivity index (χ4n) is 2.95. The Morgan fingerprint density at radius 2 is 1.14 bits per heavy atom. The number of allylic oxidation sites excluding steroid dienone is 4. The second-order valence-electron chi connectivity index (χ2n) is 6.92. The normalized spacial score (nSPS) is 12.0. The van der Waals surface area contributed by atoms with Crippen LogP contribution in [0.2, 0.25) is 0 Å². The lowest BCUT2D eigenvalue weighted by molar-refractivity contribution is -0.134. The first-order valence-electron chi connectivity index (χ1n) is 10.4. The van der Waals surface area contributed by atoms with Crippen molar-refractivity contribution in [1.82, 2.24) is 0 Å². The van der Waals surface area contributed by atoms with Crippen LogP contribution in [0.15, 0.2) is 72.0 Å². The van der Waals surface area contributed by atoms with E-state index in [1.807, 2.05) is 0 Å². The van der Waals surface area contributed by atoms with E-state index in [2.05, 4.69) is 4.74 Å². The summed E-state index contributed by atoms with van der Waals surface area (Å²) in [6.07, 6.45) is 8.02. The van der Waals surface area contributed by atoms with Gasteiger partial charge in [-0.1, -0.05) is 24.3 Å². The summed E-state index contributed by atoms with van der Waals surface area (Å²) in [6.45, 7) is 0. The standard InChI is InChI=1S/C27H28O8/c1-31-23-13-8-18(16-25(23)33-3)6-11-21(28)20(10-15-27(30)35-5)22(29)12-7-19-9-14-24(32-2)26(17-19)34-4/h6-17,28H,1-5H3/b11-6+,12-7+,15-10+,21-20-. The first-order chi connectivity index (χ1) is 16.9. The largest absolute Gasteiger partial charge is 0.507 e. The zero-order valence-electron chi connectivity index (χ0n) is 20.2. The van der Waals surface area contributed by atoms with Crippen LogP contribution >= 0.6 is 0 Å². The van der Waals surface area contributed by atoms with Gasteiger partial charge in [-0.25, -0.2) is 4.79 Å². The van der Waals surface area contributed by atoms with Crippen molar-refractivity contribution in [2.24, 2.45) is 0 Å². The van der Waals surface area contributed by atoms with Gasteiger partial charge in [0.15, 0.2) is 28.8 Å². The number of ketones is 1. The predicted molar refractivity (Wildman–Crippen MR) is 133 cm³/mol. The number of hydrogen-bond acceptors (Lipinski definition) is 8. The zero-order chi connectivity index (χ0) is 25.8. The van der Waals surface area contributed by atoms with Crippen LogP contribution in [0.4, 0.5) is 0 Å². The van der Waals surface area contributed by atoms with E-state index in [9.17, 15) is 14.7 Å². The Morgan fingerprint density at radius 3 is 1.60 bits per heavy atom. The lowest BCUT2D eigenvalue weighted by Crippen LogP contribution is -2.02. The minimum Gasteiger partial charge on any atom is -0.507 e. The lowest BCUT2D eigenvalue weighted by Gasteiger charge is -2.08. The molecule has 2 aromatic carbocycles. The third kappa shape index (κ3) is 7.53. The molecule has 0 bridgehead atoms. The lowest BCUT2D eigenvalue weighted by atomic mass is 10.1. The highest BCUT2D eigenvalue weighted by Crippen LogP contribution is 2.29. The second-order valence-corrected chi connectivity index (χ2v) is 6.92. The molecule has 0 aliphatic carbocycles. The molecule has 8 nitrogen and oxygen atoms in total. The zero-order valence-corrected chi connectivity index (χ0v) is 20.2. The van der Waals surface area contributed by atoms with Crippen LogP contribution in [0.5, 0.6) is 23.0 Å². The summed E-state index contributed by atoms with van der Waals surface area (Å²) >= 11 is 0. The first-order valence-corrected chi connectivity index (χ1v) is 10.4. The fraction of sp³-hybridized carbons (Fsp3) is 0.185. The SMILES string of the molecule is COC(=O)/C=C/C(C(=O)/C=C/c1ccc(OC)c(OC)c1)=C(O)\C=C\c1ccc(OC)c(OC)c1. The predicted octanol–water partition coefficient (Wildman–Crippen LogP) is 4.56. The molecule has 0 atom stereocenters. The summed E-state index contributed by atoms with van der Waals surface area (Å²) in [5.41, 5.74) is 1.26. The molecule has 184 valence electrons. The van der Waals surface area contributed by atoms with Gasteiger partial charge in [-0.15, -0.1) is 0 Å². The Morgan fingerprint density at radius 1 is 0.657 bits per heavy atom. The van der Waals surface area contributed by atoms with Crippen molar-refractivity contribution >= 4 is 23.9 Å². The summed E-state index contributed by atoms with van der Waals surface area (Å²) < 4.78 is 25.6. The van der Waals surface area contributed by atoms with E-state index in [0.29, 0.717) is 34.1 Å². The van der Waals surface area contributed by atoms with Gasteiger partial charge in [0.05, 0.1) is 41.1 Å². The molecule has 0 saturated heterocycles. The molecule has 0 saturated carbocycles. The molecule has 0 spiro atoms. The smallest absolute Gasteiger partial charge is 0.330 e. The molecule has 0 aliphatic rings. The van der Waals surface area contributed by atoms with Gasteiger partial charge in [0.1, 0.15) is 5.76 Å². The first kappa shape index (κ1) is 26.8. The van der Waals surface area contributed by atoms with Gasteiger partial charge >= 0.3 is 5.97 Å². The monoisotopic (exact) mass is 480 g/mol. The number of esters is 1. The number of methoxy groups -OCH3 is 5. The van der Waals surface area contributed by atoms with Crippen molar-refractivity contribution in [2.45, 2.75) is 0 Å². The van der Waals surface area contributed by atoms with E-state index < -0.39 is 11.8 Å². The molecule has 2 aromatic rings. The van der Waals surface area contributed by atoms with E-state index in [1.165, 1.54) is 53.8 Å². The average molecular weight is 481 g/mol. The van der Waals surface area contributed by atoms with Crippen molar-refractivity contribution in [3.05, 3.63) is 83.2 Å². The number of aliphatic hydroxyl groups excluding tert-OH is 1. The number of hydrogen-bond donors (Lipinski definition) is 1. The maximum Gasteiger partial charge on any atom is 0.330 e. The van der Waals surface area contributed by atoms with E-state index in [-0.39, 0.29) is 11.3 Å². The Balaban J connectivity index is 2.38. The van der Waals surface area contributed by atoms with Crippen LogP contribution in [0.3, 0.4) is 0 Å². The highest BCUT2D eigenvalue weighted by Gasteiger charge is 2.11. The number of ether oxygens (including phenoxy) is 5. The molecule has 0 amide bonds. The van der Waals surface area contributed by atoms with Crippen molar-refractivity contribution in [2.75, 3.05) is 35.5 Å². The Bertz CT molecular complexity index is 1170. The number of rotatable bonds is 11. The molecule has 0 radical (unpaired) electrons. The van der Waals surface area contributed by atoms with Crippen molar-refractivity contribution in [1.29, 1.82) is 0 Å². The number of aliphatic hydroxyl groups is 1. The van der Waals surface area contributed by atoms with Gasteiger partial charge in [-0.2, -0.15) is 0 Å². The average Bonchev–Trinajstić information content (AvgIpc) is 2.89. The van der Waals surface area contributed by atoms with E-state index in [0.717, 1.165) is 6.08 Å². The number of carbonyl (C=O) groups excluding carboxylic acids is 2. The maximum absolute atomic E-state index is 12.9. The van der Waals surface area contributed by atoms with Crippen molar-refractivity contribution in [3.8, 4) is 23.0 Å². The van der Waals surface area contributed by atoms with Gasteiger partial charge in [0, 0.05) is 6.08 Å². The van der Waals surface area contributed by atoms with Crippen LogP contribution in [0.25, 0.3) is 12.2 Å². The Kier molecular flexibility index (Phi) is 10.2. The van der Waals surface area contributed by atoms with Gasteiger partial charge in [-0.3, -0.25) is 4.79 Å². The molecule has 2 rings (SSSR count). The highest BCUT2D eigenvalue weighted by atomic mass is 16.5. The second kappa shape index (κ2) is 13.3. The van der Waals surface area contributed by atoms with Crippen molar-refractivity contribution in [3.63, 3.8) is 0 Å². The van der Waals surface area contributed by atoms with Gasteiger partial charge in [-0.05, 0) is 53.6 Å². The molecule has 0 aromatic heterocycles. The Labute approximate surface area is 204 Å². The molecule has 35 heavy (non-hydrogen) atoms. The summed E-state index contributed by atoms with van der Waals surface area (Å²) in [4.78, 5) is 24.5. The molecular formula is C27H28O8. The maximum atomic E-state index is 12.9. The topological polar surface area (TPSA) is 101 Å². The van der Waals surface area contributed by atoms with E-state index in [1.54, 1.807) is 48.6 Å². The van der Waals surface area contributed by atoms with Crippen LogP contribution in [0, 0.1) is 0 Å². The molecule has 0 heterocycles. The minimum atomic E-state index is -0.671. The van der Waals surface area contributed by atoms with Crippen LogP contribution in [-0.2, 0) is 14.3 Å². The fourth-order valence-corrected chi connectivity index (χ4v) is 2.95. The number of carbonyl (C=O) groups is 2. The molecule has 0 aliphatic heterocycles. The van der Waals surface area contributed by atoms with Crippen LogP contribution in [-0.4, -0.2) is 52.4 Å². The molecule has 0 unspecified atom stereocenters. The van der Waals surface area contributed by atoms with E-state index in [4.69, 9.17) is 18.9 Å². The summed E-state index contributed by atoms with van der Waals surface area (Å²) in [7, 11) is 7.30. The molecule has 1 N–H and O–H groups in total. The molecule has 8 heteroatoms. The summed E-state index contributed by atoms with van der Waals surface area (Å²) in [5.74, 6) is 0.575. The summed E-state index contributed by atoms with van der Waals surface area (Å²) in [5, 5.41) is 10.6. The molecule has 0 fully saturated rings. The van der Waals surface area contributed by atoms with Crippen LogP contribution in [0.1, 0.15) is 11.1 Å².